The summed E-state index contributed by atoms with van der Waals surface area (Å²) in [5.41, 5.74) is 0. The molecule has 0 saturated carbocycles. The van der Waals surface area contributed by atoms with Gasteiger partial charge in [0.05, 0.1) is 0 Å². The summed E-state index contributed by atoms with van der Waals surface area (Å²) >= 11 is 4.89. The summed E-state index contributed by atoms with van der Waals surface area (Å²) in [6, 6.07) is 0. The van der Waals surface area contributed by atoms with E-state index in [9.17, 15) is 0 Å². The zero-order valence-corrected chi connectivity index (χ0v) is 3.16. The standard InChI is InChI=1S/B2ClH2N/c1-4-2-3/h1H2. The van der Waals surface area contributed by atoms with Gasteiger partial charge in [0.1, 0.15) is 0 Å². The Kier molecular flexibility index (Phi) is 3.40. The zero-order chi connectivity index (χ0) is 3.41. The predicted molar refractivity (Wildman–Crippen MR) is 22.6 cm³/mol. The van der Waals surface area contributed by atoms with Gasteiger partial charge in [0.15, 0.2) is 0 Å². The van der Waals surface area contributed by atoms with Crippen molar-refractivity contribution >= 4 is 25.9 Å². The first-order valence-corrected chi connectivity index (χ1v) is 1.36. The van der Waals surface area contributed by atoms with E-state index in [0.29, 0.717) is 0 Å². The minimum absolute atomic E-state index is 1.22. The van der Waals surface area contributed by atoms with E-state index in [1.54, 1.807) is 7.98 Å². The predicted octanol–water partition coefficient (Wildman–Crippen LogP) is -0.424. The average molecular weight is 73.1 g/mol. The normalized spacial score (nSPS) is 7.25. The molecule has 0 aromatic heterocycles. The van der Waals surface area contributed by atoms with Crippen LogP contribution < -0.4 is 0 Å². The van der Waals surface area contributed by atoms with Crippen LogP contribution in [0.2, 0.25) is 0 Å². The molecule has 0 unspecified atom stereocenters. The van der Waals surface area contributed by atoms with Crippen LogP contribution in [0.25, 0.3) is 0 Å². The summed E-state index contributed by atoms with van der Waals surface area (Å²) in [7, 11) is 1.62. The van der Waals surface area contributed by atoms with Crippen molar-refractivity contribution < 1.29 is 0 Å². The van der Waals surface area contributed by atoms with Crippen LogP contribution in [-0.2, 0) is 0 Å². The molecule has 0 bridgehead atoms. The second kappa shape index (κ2) is 3.22. The third-order valence-corrected chi connectivity index (χ3v) is 0.293. The van der Waals surface area contributed by atoms with Gasteiger partial charge in [-0.15, -0.1) is 0 Å². The third kappa shape index (κ3) is 2.22. The van der Waals surface area contributed by atoms with Crippen LogP contribution in [0.1, 0.15) is 0 Å². The molecule has 1 nitrogen and oxygen atoms in total. The van der Waals surface area contributed by atoms with Crippen molar-refractivity contribution in [1.82, 2.24) is 0 Å². The van der Waals surface area contributed by atoms with Gasteiger partial charge >= 0.3 is 30.7 Å². The number of hydrogen-bond acceptors (Lipinski definition) is 1. The van der Waals surface area contributed by atoms with E-state index in [-0.39, 0.29) is 0 Å². The Balaban J connectivity index is 2.55. The molecule has 0 radical (unpaired) electrons. The molecule has 0 fully saturated rings. The number of hydrogen-bond donors (Lipinski definition) is 0. The molecule has 4 heteroatoms. The number of rotatable bonds is 0. The summed E-state index contributed by atoms with van der Waals surface area (Å²) < 4.78 is 0. The molecule has 0 heterocycles. The topological polar surface area (TPSA) is 12.4 Å². The van der Waals surface area contributed by atoms with Crippen molar-refractivity contribution in [1.29, 1.82) is 0 Å². The Labute approximate surface area is 31.7 Å². The molecule has 0 aromatic rings. The average Bonchev–Trinajstić information content (AvgIpc) is 1.37. The van der Waals surface area contributed by atoms with Crippen LogP contribution in [-0.4, -0.2) is 14.5 Å². The van der Waals surface area contributed by atoms with E-state index < -0.39 is 0 Å². The first-order chi connectivity index (χ1) is 1.91. The van der Waals surface area contributed by atoms with Crippen LogP contribution in [0.15, 0.2) is 4.81 Å². The molecule has 0 saturated heterocycles. The van der Waals surface area contributed by atoms with E-state index in [0.717, 1.165) is 0 Å². The molecule has 0 aromatic carbocycles. The van der Waals surface area contributed by atoms with Crippen molar-refractivity contribution in [3.05, 3.63) is 0 Å². The summed E-state index contributed by atoms with van der Waals surface area (Å²) in [5, 5.41) is 0. The first kappa shape index (κ1) is 4.22. The van der Waals surface area contributed by atoms with Gasteiger partial charge in [-0.25, -0.2) is 0 Å². The Morgan fingerprint density at radius 1 is 2.00 bits per heavy atom. The van der Waals surface area contributed by atoms with Crippen LogP contribution in [0.5, 0.6) is 0 Å². The molecule has 0 atom stereocenters. The molecule has 4 heavy (non-hydrogen) atoms. The summed E-state index contributed by atoms with van der Waals surface area (Å²) in [5.74, 6) is 0. The monoisotopic (exact) mass is 73.0 g/mol. The molecule has 0 rings (SSSR count). The van der Waals surface area contributed by atoms with Crippen LogP contribution >= 0.6 is 11.5 Å². The van der Waals surface area contributed by atoms with Crippen LogP contribution in [0.4, 0.5) is 0 Å². The van der Waals surface area contributed by atoms with Crippen molar-refractivity contribution in [3.8, 4) is 0 Å². The van der Waals surface area contributed by atoms with Gasteiger partial charge in [-0.3, -0.25) is 0 Å². The van der Waals surface area contributed by atoms with E-state index in [4.69, 9.17) is 11.5 Å². The summed E-state index contributed by atoms with van der Waals surface area (Å²) in [6.07, 6.45) is 0. The van der Waals surface area contributed by atoms with Gasteiger partial charge in [-0.05, 0) is 0 Å². The van der Waals surface area contributed by atoms with Gasteiger partial charge in [0, 0.05) is 0 Å². The molecule has 0 aliphatic heterocycles. The summed E-state index contributed by atoms with van der Waals surface area (Å²) in [6.45, 7) is 1.22. The van der Waals surface area contributed by atoms with Crippen molar-refractivity contribution in [2.24, 2.45) is 4.81 Å². The van der Waals surface area contributed by atoms with Crippen LogP contribution in [0.3, 0.4) is 0 Å². The van der Waals surface area contributed by atoms with Gasteiger partial charge in [-0.2, -0.15) is 0 Å². The van der Waals surface area contributed by atoms with Crippen molar-refractivity contribution in [2.75, 3.05) is 0 Å². The van der Waals surface area contributed by atoms with E-state index >= 15 is 0 Å². The fourth-order valence-electron chi connectivity index (χ4n) is 0. The molecule has 0 amide bonds. The second-order valence-corrected chi connectivity index (χ2v) is 0.551. The van der Waals surface area contributed by atoms with E-state index in [1.165, 1.54) is 6.49 Å². The molecule has 0 N–H and O–H groups in total. The number of halogens is 1. The molecule has 20 valence electrons. The quantitative estimate of drug-likeness (QED) is 0.345. The summed E-state index contributed by atoms with van der Waals surface area (Å²) in [4.78, 5) is 3.38. The maximum absolute atomic E-state index is 4.89. The molecule has 0 spiro atoms. The van der Waals surface area contributed by atoms with Gasteiger partial charge < -0.3 is 0 Å². The fraction of sp³-hybridized carbons (Fsp3) is 0. The van der Waals surface area contributed by atoms with Crippen molar-refractivity contribution in [3.63, 3.8) is 0 Å². The molecular weight excluding hydrogens is 71.1 g/mol. The maximum atomic E-state index is 4.89. The van der Waals surface area contributed by atoms with Gasteiger partial charge in [0.2, 0.25) is 0 Å². The second-order valence-electron chi connectivity index (χ2n) is 0.356. The Morgan fingerprint density at radius 2 is 2.25 bits per heavy atom. The minimum atomic E-state index is 1.22. The molecule has 0 aliphatic rings. The number of nitrogens with zero attached hydrogens (tertiary/aromatic N) is 1. The Morgan fingerprint density at radius 3 is 2.25 bits per heavy atom. The van der Waals surface area contributed by atoms with E-state index in [1.807, 2.05) is 0 Å². The van der Waals surface area contributed by atoms with E-state index in [2.05, 4.69) is 4.81 Å². The molecular formula is H2B2ClN. The SMILES string of the molecule is B/N=B/Cl. The Bertz CT molecular complexity index is 21.2. The van der Waals surface area contributed by atoms with Gasteiger partial charge in [0.25, 0.3) is 0 Å². The van der Waals surface area contributed by atoms with Gasteiger partial charge in [-0.1, -0.05) is 0 Å². The third-order valence-electron chi connectivity index (χ3n) is 0.0976. The van der Waals surface area contributed by atoms with Crippen molar-refractivity contribution in [2.45, 2.75) is 0 Å². The zero-order valence-electron chi connectivity index (χ0n) is 2.40. The fourth-order valence-corrected chi connectivity index (χ4v) is 0. The molecule has 0 aliphatic carbocycles. The Hall–Kier alpha value is 0.220. The first-order valence-electron chi connectivity index (χ1n) is 0.924. The van der Waals surface area contributed by atoms with Crippen LogP contribution in [0, 0.1) is 0 Å².